The molecule has 7 heteroatoms. The van der Waals surface area contributed by atoms with Crippen LogP contribution in [0, 0.1) is 18.3 Å². The number of hydrogen-bond donors (Lipinski definition) is 1. The fourth-order valence-electron chi connectivity index (χ4n) is 3.66. The number of pyridine rings is 1. The van der Waals surface area contributed by atoms with Crippen molar-refractivity contribution in [1.29, 1.82) is 5.26 Å². The Morgan fingerprint density at radius 1 is 1.17 bits per heavy atom. The van der Waals surface area contributed by atoms with Crippen LogP contribution in [0.3, 0.4) is 0 Å². The topological polar surface area (TPSA) is 92.8 Å². The number of nitriles is 1. The highest BCUT2D eigenvalue weighted by molar-refractivity contribution is 6.02. The molecule has 4 rings (SSSR count). The smallest absolute Gasteiger partial charge is 0.262 e. The highest BCUT2D eigenvalue weighted by atomic mass is 16.5. The number of carbonyl (C=O) groups is 1. The summed E-state index contributed by atoms with van der Waals surface area (Å²) in [5, 5.41) is 17.4. The average Bonchev–Trinajstić information content (AvgIpc) is 3.31. The van der Waals surface area contributed by atoms with Gasteiger partial charge in [0.25, 0.3) is 5.91 Å². The molecule has 174 valence electrons. The third kappa shape index (κ3) is 5.63. The lowest BCUT2D eigenvalue weighted by Crippen LogP contribution is -2.24. The van der Waals surface area contributed by atoms with E-state index in [9.17, 15) is 10.1 Å². The summed E-state index contributed by atoms with van der Waals surface area (Å²) in [6.45, 7) is 4.78. The van der Waals surface area contributed by atoms with Crippen LogP contribution in [0.4, 0.5) is 0 Å². The molecular weight excluding hydrogens is 438 g/mol. The summed E-state index contributed by atoms with van der Waals surface area (Å²) < 4.78 is 7.37. The molecule has 0 aliphatic heterocycles. The van der Waals surface area contributed by atoms with Gasteiger partial charge in [0, 0.05) is 36.3 Å². The number of carbonyl (C=O) groups excluding carboxylic acids is 1. The number of aryl methyl sites for hydroxylation is 1. The number of para-hydroxylation sites is 1. The van der Waals surface area contributed by atoms with E-state index in [1.807, 2.05) is 80.7 Å². The number of ether oxygens (including phenoxy) is 1. The molecule has 0 aliphatic rings. The van der Waals surface area contributed by atoms with E-state index < -0.39 is 5.91 Å². The zero-order chi connectivity index (χ0) is 24.6. The molecule has 0 spiro atoms. The summed E-state index contributed by atoms with van der Waals surface area (Å²) >= 11 is 0. The molecule has 0 radical (unpaired) electrons. The number of aromatic nitrogens is 3. The van der Waals surface area contributed by atoms with E-state index in [-0.39, 0.29) is 12.1 Å². The van der Waals surface area contributed by atoms with E-state index in [0.717, 1.165) is 28.1 Å². The molecule has 0 saturated carbocycles. The minimum atomic E-state index is -0.460. The molecule has 1 N–H and O–H groups in total. The number of rotatable bonds is 8. The summed E-state index contributed by atoms with van der Waals surface area (Å²) in [6, 6.07) is 21.2. The van der Waals surface area contributed by atoms with Crippen molar-refractivity contribution in [2.75, 3.05) is 6.61 Å². The van der Waals surface area contributed by atoms with Gasteiger partial charge in [-0.15, -0.1) is 0 Å². The molecule has 2 aromatic heterocycles. The number of nitrogens with one attached hydrogen (secondary N) is 1. The molecular formula is C28H25N5O2. The Bertz CT molecular complexity index is 1390. The van der Waals surface area contributed by atoms with Gasteiger partial charge in [-0.2, -0.15) is 10.4 Å². The predicted octanol–water partition coefficient (Wildman–Crippen LogP) is 4.86. The largest absolute Gasteiger partial charge is 0.494 e. The normalized spacial score (nSPS) is 11.1. The van der Waals surface area contributed by atoms with Crippen molar-refractivity contribution in [3.8, 4) is 28.8 Å². The average molecular weight is 464 g/mol. The molecule has 35 heavy (non-hydrogen) atoms. The van der Waals surface area contributed by atoms with Crippen LogP contribution in [0.15, 0.2) is 84.8 Å². The molecule has 2 aromatic carbocycles. The fourth-order valence-corrected chi connectivity index (χ4v) is 3.66. The van der Waals surface area contributed by atoms with Crippen molar-refractivity contribution in [3.05, 3.63) is 102 Å². The molecule has 0 aliphatic carbocycles. The summed E-state index contributed by atoms with van der Waals surface area (Å²) in [5.74, 6) is 0.319. The van der Waals surface area contributed by atoms with E-state index in [4.69, 9.17) is 9.84 Å². The lowest BCUT2D eigenvalue weighted by molar-refractivity contribution is -0.117. The fraction of sp³-hybridized carbons (Fsp3) is 0.143. The van der Waals surface area contributed by atoms with E-state index in [1.54, 1.807) is 29.2 Å². The Kier molecular flexibility index (Phi) is 7.34. The van der Waals surface area contributed by atoms with Gasteiger partial charge in [0.05, 0.1) is 12.3 Å². The first-order valence-corrected chi connectivity index (χ1v) is 11.3. The highest BCUT2D eigenvalue weighted by Gasteiger charge is 2.17. The third-order valence-corrected chi connectivity index (χ3v) is 5.37. The molecule has 0 fully saturated rings. The van der Waals surface area contributed by atoms with Gasteiger partial charge in [-0.3, -0.25) is 9.78 Å². The van der Waals surface area contributed by atoms with Crippen molar-refractivity contribution in [2.45, 2.75) is 20.4 Å². The lowest BCUT2D eigenvalue weighted by atomic mass is 10.0. The minimum absolute atomic E-state index is 0.00802. The van der Waals surface area contributed by atoms with E-state index in [1.165, 1.54) is 0 Å². The molecule has 0 unspecified atom stereocenters. The van der Waals surface area contributed by atoms with Gasteiger partial charge < -0.3 is 10.1 Å². The predicted molar refractivity (Wildman–Crippen MR) is 135 cm³/mol. The van der Waals surface area contributed by atoms with E-state index >= 15 is 0 Å². The van der Waals surface area contributed by atoms with Crippen LogP contribution < -0.4 is 10.1 Å². The zero-order valence-electron chi connectivity index (χ0n) is 19.6. The van der Waals surface area contributed by atoms with Crippen LogP contribution >= 0.6 is 0 Å². The second kappa shape index (κ2) is 10.9. The summed E-state index contributed by atoms with van der Waals surface area (Å²) in [4.78, 5) is 16.8. The van der Waals surface area contributed by atoms with Crippen molar-refractivity contribution in [3.63, 3.8) is 0 Å². The van der Waals surface area contributed by atoms with E-state index in [2.05, 4.69) is 10.3 Å². The van der Waals surface area contributed by atoms with Gasteiger partial charge in [-0.25, -0.2) is 4.68 Å². The van der Waals surface area contributed by atoms with Crippen LogP contribution in [0.5, 0.6) is 5.75 Å². The van der Waals surface area contributed by atoms with Crippen LogP contribution in [0.2, 0.25) is 0 Å². The monoisotopic (exact) mass is 463 g/mol. The number of hydrogen-bond acceptors (Lipinski definition) is 5. The maximum Gasteiger partial charge on any atom is 0.262 e. The van der Waals surface area contributed by atoms with E-state index in [0.29, 0.717) is 17.9 Å². The number of nitrogens with zero attached hydrogens (tertiary/aromatic N) is 4. The second-order valence-corrected chi connectivity index (χ2v) is 7.84. The van der Waals surface area contributed by atoms with Crippen molar-refractivity contribution >= 4 is 12.0 Å². The van der Waals surface area contributed by atoms with Gasteiger partial charge in [0.1, 0.15) is 23.1 Å². The maximum absolute atomic E-state index is 12.8. The van der Waals surface area contributed by atoms with Crippen molar-refractivity contribution in [1.82, 2.24) is 20.1 Å². The van der Waals surface area contributed by atoms with Gasteiger partial charge in [-0.05, 0) is 67.4 Å². The van der Waals surface area contributed by atoms with Crippen LogP contribution in [0.25, 0.3) is 23.0 Å². The molecule has 0 atom stereocenters. The molecule has 7 nitrogen and oxygen atoms in total. The minimum Gasteiger partial charge on any atom is -0.494 e. The number of amides is 1. The van der Waals surface area contributed by atoms with Crippen molar-refractivity contribution < 1.29 is 9.53 Å². The lowest BCUT2D eigenvalue weighted by Gasteiger charge is -2.09. The SMILES string of the molecule is CCOc1ccc(-c2nn(-c3ccccc3)cc2C=C(C#N)C(=O)NCc2cccnc2)c(C)c1. The van der Waals surface area contributed by atoms with Gasteiger partial charge in [-0.1, -0.05) is 24.3 Å². The van der Waals surface area contributed by atoms with Gasteiger partial charge in [0.2, 0.25) is 0 Å². The first-order valence-electron chi connectivity index (χ1n) is 11.3. The van der Waals surface area contributed by atoms with Crippen LogP contribution in [-0.2, 0) is 11.3 Å². The summed E-state index contributed by atoms with van der Waals surface area (Å²) in [7, 11) is 0. The van der Waals surface area contributed by atoms with Crippen LogP contribution in [-0.4, -0.2) is 27.3 Å². The Morgan fingerprint density at radius 3 is 2.69 bits per heavy atom. The Morgan fingerprint density at radius 2 is 2.00 bits per heavy atom. The molecule has 2 heterocycles. The Hall–Kier alpha value is -4.70. The Labute approximate surface area is 204 Å². The first-order chi connectivity index (χ1) is 17.1. The van der Waals surface area contributed by atoms with Crippen molar-refractivity contribution in [2.24, 2.45) is 0 Å². The van der Waals surface area contributed by atoms with Gasteiger partial charge in [0.15, 0.2) is 0 Å². The molecule has 4 aromatic rings. The molecule has 0 bridgehead atoms. The molecule has 0 saturated heterocycles. The summed E-state index contributed by atoms with van der Waals surface area (Å²) in [5.41, 5.74) is 4.91. The van der Waals surface area contributed by atoms with Crippen LogP contribution in [0.1, 0.15) is 23.6 Å². The maximum atomic E-state index is 12.8. The highest BCUT2D eigenvalue weighted by Crippen LogP contribution is 2.30. The quantitative estimate of drug-likeness (QED) is 0.297. The standard InChI is InChI=1S/C28H25N5O2/c1-3-35-25-11-12-26(20(2)14-25)27-23(19-33(32-27)24-9-5-4-6-10-24)15-22(16-29)28(34)31-18-21-8-7-13-30-17-21/h4-15,17,19H,3,18H2,1-2H3,(H,31,34). The Balaban J connectivity index is 1.72. The van der Waals surface area contributed by atoms with Gasteiger partial charge >= 0.3 is 0 Å². The second-order valence-electron chi connectivity index (χ2n) is 7.84. The summed E-state index contributed by atoms with van der Waals surface area (Å²) in [6.07, 6.45) is 6.75. The number of benzene rings is 2. The zero-order valence-corrected chi connectivity index (χ0v) is 19.6. The first kappa shape index (κ1) is 23.5. The molecule has 1 amide bonds. The third-order valence-electron chi connectivity index (χ3n) is 5.37.